The highest BCUT2D eigenvalue weighted by Gasteiger charge is 2.14. The van der Waals surface area contributed by atoms with E-state index in [1.54, 1.807) is 31.0 Å². The summed E-state index contributed by atoms with van der Waals surface area (Å²) in [5, 5.41) is 0.440. The summed E-state index contributed by atoms with van der Waals surface area (Å²) in [5.41, 5.74) is 1.49. The lowest BCUT2D eigenvalue weighted by Gasteiger charge is -2.16. The summed E-state index contributed by atoms with van der Waals surface area (Å²) in [5.74, 6) is 2.07. The fourth-order valence-corrected chi connectivity index (χ4v) is 3.34. The molecule has 2 aromatic rings. The van der Waals surface area contributed by atoms with Crippen LogP contribution in [-0.2, 0) is 5.75 Å². The number of Topliss-reactive ketones (excluding diaryl/α,β-unsaturated/α-hetero) is 1. The van der Waals surface area contributed by atoms with Crippen LogP contribution in [0, 0.1) is 0 Å². The lowest BCUT2D eigenvalue weighted by molar-refractivity contribution is 0.101. The van der Waals surface area contributed by atoms with Crippen molar-refractivity contribution in [2.45, 2.75) is 17.6 Å². The first-order valence-corrected chi connectivity index (χ1v) is 8.29. The number of rotatable bonds is 6. The van der Waals surface area contributed by atoms with Gasteiger partial charge in [0.25, 0.3) is 0 Å². The molecule has 5 nitrogen and oxygen atoms in total. The molecular formula is C16H18ClN3O2S. The first-order chi connectivity index (χ1) is 10.9. The Labute approximate surface area is 145 Å². The number of aromatic nitrogens is 2. The fraction of sp³-hybridized carbons (Fsp3) is 0.312. The third-order valence-electron chi connectivity index (χ3n) is 3.24. The van der Waals surface area contributed by atoms with Crippen LogP contribution >= 0.6 is 23.4 Å². The molecule has 0 bridgehead atoms. The summed E-state index contributed by atoms with van der Waals surface area (Å²) < 4.78 is 5.38. The van der Waals surface area contributed by atoms with Gasteiger partial charge in [0.05, 0.1) is 7.11 Å². The number of anilines is 1. The predicted octanol–water partition coefficient (Wildman–Crippen LogP) is 3.70. The SMILES string of the molecule is COc1cc(C(C)=O)ccc1SCc1c(Cl)ncnc1N(C)C. The molecule has 122 valence electrons. The van der Waals surface area contributed by atoms with E-state index in [9.17, 15) is 4.79 Å². The molecule has 1 heterocycles. The normalized spacial score (nSPS) is 10.5. The molecule has 0 fully saturated rings. The van der Waals surface area contributed by atoms with E-state index in [0.717, 1.165) is 16.3 Å². The van der Waals surface area contributed by atoms with Crippen molar-refractivity contribution in [3.63, 3.8) is 0 Å². The van der Waals surface area contributed by atoms with Crippen molar-refractivity contribution < 1.29 is 9.53 Å². The predicted molar refractivity (Wildman–Crippen MR) is 93.9 cm³/mol. The highest BCUT2D eigenvalue weighted by molar-refractivity contribution is 7.98. The minimum atomic E-state index is 0.00856. The van der Waals surface area contributed by atoms with Crippen molar-refractivity contribution in [2.24, 2.45) is 0 Å². The standard InChI is InChI=1S/C16H18ClN3O2S/c1-10(21)11-5-6-14(13(7-11)22-4)23-8-12-15(17)18-9-19-16(12)20(2)3/h5-7,9H,8H2,1-4H3. The summed E-state index contributed by atoms with van der Waals surface area (Å²) >= 11 is 7.78. The Morgan fingerprint density at radius 2 is 2.09 bits per heavy atom. The minimum Gasteiger partial charge on any atom is -0.496 e. The molecule has 2 rings (SSSR count). The van der Waals surface area contributed by atoms with Crippen molar-refractivity contribution in [3.05, 3.63) is 40.8 Å². The third-order valence-corrected chi connectivity index (χ3v) is 4.64. The van der Waals surface area contributed by atoms with Crippen molar-refractivity contribution in [2.75, 3.05) is 26.1 Å². The number of carbonyl (C=O) groups excluding carboxylic acids is 1. The Hall–Kier alpha value is -1.79. The number of thioether (sulfide) groups is 1. The van der Waals surface area contributed by atoms with E-state index in [-0.39, 0.29) is 5.78 Å². The molecule has 0 radical (unpaired) electrons. The maximum absolute atomic E-state index is 11.5. The van der Waals surface area contributed by atoms with Gasteiger partial charge in [-0.15, -0.1) is 11.8 Å². The molecule has 23 heavy (non-hydrogen) atoms. The zero-order valence-corrected chi connectivity index (χ0v) is 15.0. The summed E-state index contributed by atoms with van der Waals surface area (Å²) in [7, 11) is 5.41. The largest absolute Gasteiger partial charge is 0.496 e. The zero-order valence-electron chi connectivity index (χ0n) is 13.5. The number of benzene rings is 1. The molecule has 0 aliphatic rings. The van der Waals surface area contributed by atoms with E-state index in [1.807, 2.05) is 25.1 Å². The van der Waals surface area contributed by atoms with Crippen LogP contribution in [0.4, 0.5) is 5.82 Å². The zero-order chi connectivity index (χ0) is 17.0. The van der Waals surface area contributed by atoms with Crippen molar-refractivity contribution in [1.29, 1.82) is 0 Å². The van der Waals surface area contributed by atoms with E-state index in [1.165, 1.54) is 13.3 Å². The van der Waals surface area contributed by atoms with E-state index in [2.05, 4.69) is 9.97 Å². The molecular weight excluding hydrogens is 334 g/mol. The molecule has 0 saturated heterocycles. The van der Waals surface area contributed by atoms with E-state index in [4.69, 9.17) is 16.3 Å². The van der Waals surface area contributed by atoms with Gasteiger partial charge in [-0.25, -0.2) is 9.97 Å². The van der Waals surface area contributed by atoms with Gasteiger partial charge in [0.2, 0.25) is 0 Å². The smallest absolute Gasteiger partial charge is 0.159 e. The van der Waals surface area contributed by atoms with Gasteiger partial charge >= 0.3 is 0 Å². The fourth-order valence-electron chi connectivity index (χ4n) is 2.05. The number of nitrogens with zero attached hydrogens (tertiary/aromatic N) is 3. The molecule has 0 spiro atoms. The van der Waals surface area contributed by atoms with Crippen LogP contribution in [0.25, 0.3) is 0 Å². The second-order valence-corrected chi connectivity index (χ2v) is 6.45. The van der Waals surface area contributed by atoms with Crippen LogP contribution in [0.1, 0.15) is 22.8 Å². The molecule has 1 aromatic heterocycles. The number of ketones is 1. The number of methoxy groups -OCH3 is 1. The monoisotopic (exact) mass is 351 g/mol. The molecule has 7 heteroatoms. The molecule has 0 aliphatic carbocycles. The van der Waals surface area contributed by atoms with E-state index < -0.39 is 0 Å². The van der Waals surface area contributed by atoms with Crippen LogP contribution in [0.15, 0.2) is 29.4 Å². The number of carbonyl (C=O) groups is 1. The Balaban J connectivity index is 2.26. The highest BCUT2D eigenvalue weighted by atomic mass is 35.5. The average Bonchev–Trinajstić information content (AvgIpc) is 2.53. The Morgan fingerprint density at radius 1 is 1.35 bits per heavy atom. The van der Waals surface area contributed by atoms with Crippen LogP contribution in [0.2, 0.25) is 5.15 Å². The number of halogens is 1. The Morgan fingerprint density at radius 3 is 2.70 bits per heavy atom. The third kappa shape index (κ3) is 4.14. The lowest BCUT2D eigenvalue weighted by Crippen LogP contribution is -2.13. The van der Waals surface area contributed by atoms with Crippen molar-refractivity contribution in [1.82, 2.24) is 9.97 Å². The maximum Gasteiger partial charge on any atom is 0.159 e. The van der Waals surface area contributed by atoms with Crippen molar-refractivity contribution >= 4 is 35.0 Å². The molecule has 0 N–H and O–H groups in total. The van der Waals surface area contributed by atoms with Gasteiger partial charge < -0.3 is 9.64 Å². The lowest BCUT2D eigenvalue weighted by atomic mass is 10.1. The van der Waals surface area contributed by atoms with Crippen molar-refractivity contribution in [3.8, 4) is 5.75 Å². The first-order valence-electron chi connectivity index (χ1n) is 6.92. The van der Waals surface area contributed by atoms with Crippen LogP contribution < -0.4 is 9.64 Å². The molecule has 0 atom stereocenters. The summed E-state index contributed by atoms with van der Waals surface area (Å²) in [6, 6.07) is 5.43. The second kappa shape index (κ2) is 7.66. The second-order valence-electron chi connectivity index (χ2n) is 5.07. The Bertz CT molecular complexity index is 722. The van der Waals surface area contributed by atoms with Crippen LogP contribution in [-0.4, -0.2) is 37.0 Å². The topological polar surface area (TPSA) is 55.3 Å². The van der Waals surface area contributed by atoms with Crippen LogP contribution in [0.3, 0.4) is 0 Å². The van der Waals surface area contributed by atoms with Gasteiger partial charge in [-0.3, -0.25) is 4.79 Å². The first kappa shape index (κ1) is 17.6. The van der Waals surface area contributed by atoms with Crippen LogP contribution in [0.5, 0.6) is 5.75 Å². The summed E-state index contributed by atoms with van der Waals surface area (Å²) in [4.78, 5) is 22.6. The molecule has 0 unspecified atom stereocenters. The molecule has 0 amide bonds. The van der Waals surface area contributed by atoms with Gasteiger partial charge in [-0.2, -0.15) is 0 Å². The Kier molecular flexibility index (Phi) is 5.85. The molecule has 0 aliphatic heterocycles. The average molecular weight is 352 g/mol. The van der Waals surface area contributed by atoms with Gasteiger partial charge in [0, 0.05) is 35.9 Å². The van der Waals surface area contributed by atoms with E-state index in [0.29, 0.717) is 22.2 Å². The summed E-state index contributed by atoms with van der Waals surface area (Å²) in [6.45, 7) is 1.53. The number of ether oxygens (including phenoxy) is 1. The number of hydrogen-bond acceptors (Lipinski definition) is 6. The van der Waals surface area contributed by atoms with E-state index >= 15 is 0 Å². The quantitative estimate of drug-likeness (QED) is 0.449. The van der Waals surface area contributed by atoms with Gasteiger partial charge in [0.15, 0.2) is 5.78 Å². The highest BCUT2D eigenvalue weighted by Crippen LogP contribution is 2.35. The molecule has 0 saturated carbocycles. The number of hydrogen-bond donors (Lipinski definition) is 0. The van der Waals surface area contributed by atoms with Gasteiger partial charge in [0.1, 0.15) is 23.0 Å². The summed E-state index contributed by atoms with van der Waals surface area (Å²) in [6.07, 6.45) is 1.45. The maximum atomic E-state index is 11.5. The minimum absolute atomic E-state index is 0.00856. The molecule has 1 aromatic carbocycles. The van der Waals surface area contributed by atoms with Gasteiger partial charge in [-0.05, 0) is 19.1 Å². The van der Waals surface area contributed by atoms with Gasteiger partial charge in [-0.1, -0.05) is 17.7 Å².